The van der Waals surface area contributed by atoms with Gasteiger partial charge in [-0.15, -0.1) is 0 Å². The van der Waals surface area contributed by atoms with E-state index in [0.717, 1.165) is 4.60 Å². The molecule has 9 heteroatoms. The molecular weight excluding hydrogens is 344 g/mol. The van der Waals surface area contributed by atoms with Crippen LogP contribution in [-0.4, -0.2) is 32.2 Å². The number of hydrogen-bond acceptors (Lipinski definition) is 6. The van der Waals surface area contributed by atoms with Crippen molar-refractivity contribution in [2.24, 2.45) is 0 Å². The average Bonchev–Trinajstić information content (AvgIpc) is 2.90. The second-order valence-electron chi connectivity index (χ2n) is 4.49. The van der Waals surface area contributed by atoms with Crippen LogP contribution in [-0.2, 0) is 6.54 Å². The third kappa shape index (κ3) is 3.13. The Bertz CT molecular complexity index is 658. The number of ether oxygens (including phenoxy) is 2. The van der Waals surface area contributed by atoms with Gasteiger partial charge in [-0.05, 0) is 33.0 Å². The Morgan fingerprint density at radius 3 is 3.14 bits per heavy atom. The molecule has 3 rings (SSSR count). The normalized spacial score (nSPS) is 16.9. The minimum absolute atomic E-state index is 0.192. The Labute approximate surface area is 128 Å². The van der Waals surface area contributed by atoms with Gasteiger partial charge in [-0.3, -0.25) is 4.57 Å². The number of halogens is 1. The molecule has 110 valence electrons. The summed E-state index contributed by atoms with van der Waals surface area (Å²) in [6, 6.07) is 3.84. The van der Waals surface area contributed by atoms with E-state index in [1.165, 1.54) is 6.20 Å². The minimum Gasteiger partial charge on any atom is -0.488 e. The SMILES string of the molecule is O=[N+]([O-])c1cn2c(n1)OC(COc1ccc(Br)nc1)CC2. The van der Waals surface area contributed by atoms with E-state index in [1.54, 1.807) is 22.9 Å². The van der Waals surface area contributed by atoms with E-state index in [1.807, 2.05) is 0 Å². The number of hydrogen-bond donors (Lipinski definition) is 0. The average molecular weight is 355 g/mol. The lowest BCUT2D eigenvalue weighted by Gasteiger charge is -2.22. The molecular formula is C12H11BrN4O4. The maximum atomic E-state index is 10.7. The quantitative estimate of drug-likeness (QED) is 0.474. The Balaban J connectivity index is 1.61. The zero-order chi connectivity index (χ0) is 14.8. The van der Waals surface area contributed by atoms with Crippen LogP contribution in [0.1, 0.15) is 6.42 Å². The second-order valence-corrected chi connectivity index (χ2v) is 5.30. The van der Waals surface area contributed by atoms with Gasteiger partial charge in [0.2, 0.25) is 0 Å². The van der Waals surface area contributed by atoms with Crippen LogP contribution in [0, 0.1) is 10.1 Å². The number of imidazole rings is 1. The van der Waals surface area contributed by atoms with Crippen LogP contribution in [0.25, 0.3) is 0 Å². The third-order valence-corrected chi connectivity index (χ3v) is 3.48. The van der Waals surface area contributed by atoms with Crippen molar-refractivity contribution in [2.75, 3.05) is 6.61 Å². The number of aromatic nitrogens is 3. The highest BCUT2D eigenvalue weighted by Gasteiger charge is 2.28. The second kappa shape index (κ2) is 5.68. The summed E-state index contributed by atoms with van der Waals surface area (Å²) < 4.78 is 13.6. The van der Waals surface area contributed by atoms with Gasteiger partial charge >= 0.3 is 11.8 Å². The first-order chi connectivity index (χ1) is 10.1. The summed E-state index contributed by atoms with van der Waals surface area (Å²) in [7, 11) is 0. The molecule has 0 fully saturated rings. The Kier molecular flexibility index (Phi) is 3.74. The van der Waals surface area contributed by atoms with Crippen molar-refractivity contribution < 1.29 is 14.4 Å². The van der Waals surface area contributed by atoms with Crippen LogP contribution in [0.4, 0.5) is 5.82 Å². The van der Waals surface area contributed by atoms with Crippen LogP contribution >= 0.6 is 15.9 Å². The molecule has 8 nitrogen and oxygen atoms in total. The van der Waals surface area contributed by atoms with Gasteiger partial charge in [-0.25, -0.2) is 4.98 Å². The molecule has 2 aromatic rings. The lowest BCUT2D eigenvalue weighted by atomic mass is 10.2. The summed E-state index contributed by atoms with van der Waals surface area (Å²) in [5.41, 5.74) is 0. The van der Waals surface area contributed by atoms with Crippen molar-refractivity contribution in [1.82, 2.24) is 14.5 Å². The van der Waals surface area contributed by atoms with Crippen molar-refractivity contribution >= 4 is 21.7 Å². The van der Waals surface area contributed by atoms with Gasteiger partial charge < -0.3 is 19.6 Å². The number of aryl methyl sites for hydroxylation is 1. The smallest absolute Gasteiger partial charge is 0.414 e. The number of nitro groups is 1. The Morgan fingerprint density at radius 2 is 2.43 bits per heavy atom. The number of fused-ring (bicyclic) bond motifs is 1. The number of rotatable bonds is 4. The van der Waals surface area contributed by atoms with Crippen LogP contribution in [0.2, 0.25) is 0 Å². The van der Waals surface area contributed by atoms with E-state index in [0.29, 0.717) is 25.3 Å². The maximum absolute atomic E-state index is 10.7. The van der Waals surface area contributed by atoms with E-state index >= 15 is 0 Å². The zero-order valence-electron chi connectivity index (χ0n) is 10.8. The van der Waals surface area contributed by atoms with E-state index in [9.17, 15) is 10.1 Å². The first-order valence-electron chi connectivity index (χ1n) is 6.24. The van der Waals surface area contributed by atoms with Crippen molar-refractivity contribution in [3.63, 3.8) is 0 Å². The third-order valence-electron chi connectivity index (χ3n) is 3.01. The van der Waals surface area contributed by atoms with Crippen molar-refractivity contribution in [3.05, 3.63) is 39.2 Å². The highest BCUT2D eigenvalue weighted by molar-refractivity contribution is 9.10. The summed E-state index contributed by atoms with van der Waals surface area (Å²) in [6.07, 6.45) is 3.50. The molecule has 0 spiro atoms. The molecule has 0 aliphatic carbocycles. The molecule has 0 saturated heterocycles. The molecule has 1 atom stereocenters. The highest BCUT2D eigenvalue weighted by Crippen LogP contribution is 2.24. The Hall–Kier alpha value is -2.16. The first kappa shape index (κ1) is 13.8. The van der Waals surface area contributed by atoms with Crippen molar-refractivity contribution in [2.45, 2.75) is 19.1 Å². The standard InChI is InChI=1S/C12H11BrN4O4/c13-10-2-1-8(5-14-10)20-7-9-3-4-16-6-11(17(18)19)15-12(16)21-9/h1-2,5-6,9H,3-4,7H2. The highest BCUT2D eigenvalue weighted by atomic mass is 79.9. The fourth-order valence-corrected chi connectivity index (χ4v) is 2.21. The fourth-order valence-electron chi connectivity index (χ4n) is 1.97. The topological polar surface area (TPSA) is 92.3 Å². The minimum atomic E-state index is -0.534. The molecule has 1 aliphatic rings. The number of pyridine rings is 1. The lowest BCUT2D eigenvalue weighted by Crippen LogP contribution is -2.31. The lowest BCUT2D eigenvalue weighted by molar-refractivity contribution is -0.389. The van der Waals surface area contributed by atoms with Gasteiger partial charge in [0.25, 0.3) is 0 Å². The van der Waals surface area contributed by atoms with E-state index in [-0.39, 0.29) is 17.9 Å². The molecule has 0 radical (unpaired) electrons. The predicted molar refractivity (Wildman–Crippen MR) is 75.3 cm³/mol. The van der Waals surface area contributed by atoms with Crippen LogP contribution in [0.3, 0.4) is 0 Å². The van der Waals surface area contributed by atoms with E-state index < -0.39 is 4.92 Å². The summed E-state index contributed by atoms with van der Waals surface area (Å²) in [5, 5.41) is 10.7. The largest absolute Gasteiger partial charge is 0.488 e. The summed E-state index contributed by atoms with van der Waals surface area (Å²) >= 11 is 3.25. The van der Waals surface area contributed by atoms with Gasteiger partial charge in [0.05, 0.1) is 6.20 Å². The van der Waals surface area contributed by atoms with Gasteiger partial charge in [-0.2, -0.15) is 0 Å². The predicted octanol–water partition coefficient (Wildman–Crippen LogP) is 2.18. The number of nitrogens with zero attached hydrogens (tertiary/aromatic N) is 4. The summed E-state index contributed by atoms with van der Waals surface area (Å²) in [4.78, 5) is 18.0. The molecule has 3 heterocycles. The molecule has 1 unspecified atom stereocenters. The molecule has 21 heavy (non-hydrogen) atoms. The van der Waals surface area contributed by atoms with Crippen LogP contribution in [0.15, 0.2) is 29.1 Å². The summed E-state index contributed by atoms with van der Waals surface area (Å²) in [5.74, 6) is 0.436. The van der Waals surface area contributed by atoms with Crippen molar-refractivity contribution in [3.8, 4) is 11.8 Å². The van der Waals surface area contributed by atoms with Gasteiger partial charge in [-0.1, -0.05) is 0 Å². The van der Waals surface area contributed by atoms with Crippen LogP contribution < -0.4 is 9.47 Å². The van der Waals surface area contributed by atoms with Gasteiger partial charge in [0, 0.05) is 17.9 Å². The molecule has 2 aromatic heterocycles. The van der Waals surface area contributed by atoms with E-state index in [4.69, 9.17) is 9.47 Å². The molecule has 0 aromatic carbocycles. The monoisotopic (exact) mass is 354 g/mol. The van der Waals surface area contributed by atoms with E-state index in [2.05, 4.69) is 25.9 Å². The van der Waals surface area contributed by atoms with Gasteiger partial charge in [0.15, 0.2) is 0 Å². The molecule has 0 bridgehead atoms. The molecule has 0 saturated carbocycles. The first-order valence-corrected chi connectivity index (χ1v) is 7.03. The molecule has 0 N–H and O–H groups in total. The molecule has 0 amide bonds. The zero-order valence-corrected chi connectivity index (χ0v) is 12.4. The summed E-state index contributed by atoms with van der Waals surface area (Å²) in [6.45, 7) is 0.951. The Morgan fingerprint density at radius 1 is 1.57 bits per heavy atom. The maximum Gasteiger partial charge on any atom is 0.414 e. The molecule has 1 aliphatic heterocycles. The van der Waals surface area contributed by atoms with Crippen LogP contribution in [0.5, 0.6) is 11.8 Å². The fraction of sp³-hybridized carbons (Fsp3) is 0.333. The van der Waals surface area contributed by atoms with Gasteiger partial charge in [0.1, 0.15) is 29.3 Å². The van der Waals surface area contributed by atoms with Crippen molar-refractivity contribution in [1.29, 1.82) is 0 Å².